The predicted molar refractivity (Wildman–Crippen MR) is 73.1 cm³/mol. The third kappa shape index (κ3) is 5.24. The Morgan fingerprint density at radius 3 is 2.94 bits per heavy atom. The highest BCUT2D eigenvalue weighted by Gasteiger charge is 2.03. The molecule has 0 radical (unpaired) electrons. The van der Waals surface area contributed by atoms with Crippen LogP contribution in [0.1, 0.15) is 31.9 Å². The number of nitrogens with two attached hydrogens (primary N) is 1. The summed E-state index contributed by atoms with van der Waals surface area (Å²) in [5.74, 6) is 0.914. The molecule has 0 aromatic heterocycles. The van der Waals surface area contributed by atoms with Crippen LogP contribution >= 0.6 is 11.8 Å². The van der Waals surface area contributed by atoms with Crippen molar-refractivity contribution >= 4 is 17.7 Å². The molecule has 0 aliphatic carbocycles. The van der Waals surface area contributed by atoms with Gasteiger partial charge in [-0.25, -0.2) is 0 Å². The van der Waals surface area contributed by atoms with E-state index in [1.165, 1.54) is 4.90 Å². The minimum absolute atomic E-state index is 0.0546. The van der Waals surface area contributed by atoms with E-state index in [2.05, 4.69) is 11.4 Å². The van der Waals surface area contributed by atoms with Gasteiger partial charge in [0.2, 0.25) is 5.91 Å². The van der Waals surface area contributed by atoms with Gasteiger partial charge in [0.05, 0.1) is 0 Å². The largest absolute Gasteiger partial charge is 0.356 e. The van der Waals surface area contributed by atoms with Crippen molar-refractivity contribution in [3.8, 4) is 0 Å². The molecule has 0 spiro atoms. The monoisotopic (exact) mass is 252 g/mol. The first-order valence-electron chi connectivity index (χ1n) is 5.88. The third-order valence-electron chi connectivity index (χ3n) is 2.36. The number of hydrogen-bond donors (Lipinski definition) is 2. The Bertz CT molecular complexity index is 366. The standard InChI is InChI=1S/C13H20N2OS/c1-3-15-13(16)7-8-17-12-6-4-5-11(9-12)10(2)14/h4-6,9-10H,3,7-8,14H2,1-2H3,(H,15,16). The molecule has 17 heavy (non-hydrogen) atoms. The molecule has 1 unspecified atom stereocenters. The van der Waals surface area contributed by atoms with E-state index in [1.54, 1.807) is 11.8 Å². The maximum atomic E-state index is 11.3. The zero-order valence-electron chi connectivity index (χ0n) is 10.4. The lowest BCUT2D eigenvalue weighted by atomic mass is 10.1. The van der Waals surface area contributed by atoms with Gasteiger partial charge >= 0.3 is 0 Å². The number of thioether (sulfide) groups is 1. The lowest BCUT2D eigenvalue weighted by Gasteiger charge is -2.08. The minimum atomic E-state index is 0.0546. The third-order valence-corrected chi connectivity index (χ3v) is 3.35. The van der Waals surface area contributed by atoms with Crippen molar-refractivity contribution in [1.82, 2.24) is 5.32 Å². The molecule has 0 fully saturated rings. The van der Waals surface area contributed by atoms with Crippen molar-refractivity contribution in [1.29, 1.82) is 0 Å². The first kappa shape index (κ1) is 14.1. The Hall–Kier alpha value is -1.00. The minimum Gasteiger partial charge on any atom is -0.356 e. The van der Waals surface area contributed by atoms with Crippen molar-refractivity contribution in [2.45, 2.75) is 31.2 Å². The van der Waals surface area contributed by atoms with Gasteiger partial charge in [-0.1, -0.05) is 12.1 Å². The number of carbonyl (C=O) groups is 1. The molecule has 3 N–H and O–H groups in total. The zero-order chi connectivity index (χ0) is 12.7. The van der Waals surface area contributed by atoms with E-state index < -0.39 is 0 Å². The van der Waals surface area contributed by atoms with Crippen LogP contribution in [0.3, 0.4) is 0 Å². The molecule has 0 bridgehead atoms. The molecule has 1 aromatic rings. The predicted octanol–water partition coefficient (Wildman–Crippen LogP) is 2.32. The summed E-state index contributed by atoms with van der Waals surface area (Å²) < 4.78 is 0. The molecule has 1 rings (SSSR count). The number of hydrogen-bond acceptors (Lipinski definition) is 3. The molecule has 0 aliphatic rings. The number of nitrogens with one attached hydrogen (secondary N) is 1. The summed E-state index contributed by atoms with van der Waals surface area (Å²) in [4.78, 5) is 12.4. The zero-order valence-corrected chi connectivity index (χ0v) is 11.2. The van der Waals surface area contributed by atoms with Crippen LogP contribution < -0.4 is 11.1 Å². The van der Waals surface area contributed by atoms with Gasteiger partial charge in [0.1, 0.15) is 0 Å². The molecule has 1 atom stereocenters. The van der Waals surface area contributed by atoms with Crippen molar-refractivity contribution in [2.75, 3.05) is 12.3 Å². The molecule has 1 aromatic carbocycles. The van der Waals surface area contributed by atoms with E-state index in [0.29, 0.717) is 13.0 Å². The molecular weight excluding hydrogens is 232 g/mol. The van der Waals surface area contributed by atoms with Crippen LogP contribution in [0.2, 0.25) is 0 Å². The van der Waals surface area contributed by atoms with Crippen LogP contribution in [0, 0.1) is 0 Å². The average Bonchev–Trinajstić information content (AvgIpc) is 2.30. The fraction of sp³-hybridized carbons (Fsp3) is 0.462. The van der Waals surface area contributed by atoms with Crippen molar-refractivity contribution < 1.29 is 4.79 Å². The summed E-state index contributed by atoms with van der Waals surface area (Å²) >= 11 is 1.69. The summed E-state index contributed by atoms with van der Waals surface area (Å²) in [6.07, 6.45) is 0.556. The molecule has 1 amide bonds. The maximum absolute atomic E-state index is 11.3. The van der Waals surface area contributed by atoms with Gasteiger partial charge in [0, 0.05) is 29.7 Å². The second kappa shape index (κ2) is 7.35. The van der Waals surface area contributed by atoms with Gasteiger partial charge in [-0.2, -0.15) is 0 Å². The first-order chi connectivity index (χ1) is 8.13. The van der Waals surface area contributed by atoms with Gasteiger partial charge in [0.15, 0.2) is 0 Å². The Labute approximate surface area is 107 Å². The van der Waals surface area contributed by atoms with Gasteiger partial charge in [-0.05, 0) is 31.5 Å². The van der Waals surface area contributed by atoms with Gasteiger partial charge in [-0.3, -0.25) is 4.79 Å². The van der Waals surface area contributed by atoms with E-state index in [4.69, 9.17) is 5.73 Å². The molecule has 3 nitrogen and oxygen atoms in total. The fourth-order valence-electron chi connectivity index (χ4n) is 1.43. The summed E-state index contributed by atoms with van der Waals surface area (Å²) in [6, 6.07) is 8.23. The highest BCUT2D eigenvalue weighted by Crippen LogP contribution is 2.22. The summed E-state index contributed by atoms with van der Waals surface area (Å²) in [5.41, 5.74) is 6.96. The van der Waals surface area contributed by atoms with Gasteiger partial charge in [-0.15, -0.1) is 11.8 Å². The lowest BCUT2D eigenvalue weighted by Crippen LogP contribution is -2.22. The summed E-state index contributed by atoms with van der Waals surface area (Å²) in [7, 11) is 0. The molecule has 0 saturated heterocycles. The Morgan fingerprint density at radius 2 is 2.29 bits per heavy atom. The number of benzene rings is 1. The molecule has 0 saturated carbocycles. The second-order valence-corrected chi connectivity index (χ2v) is 5.08. The van der Waals surface area contributed by atoms with Crippen LogP contribution in [0.25, 0.3) is 0 Å². The van der Waals surface area contributed by atoms with Crippen LogP contribution in [0.4, 0.5) is 0 Å². The van der Waals surface area contributed by atoms with Crippen molar-refractivity contribution in [3.63, 3.8) is 0 Å². The summed E-state index contributed by atoms with van der Waals surface area (Å²) in [6.45, 7) is 4.60. The molecular formula is C13H20N2OS. The van der Waals surface area contributed by atoms with Crippen LogP contribution in [-0.2, 0) is 4.79 Å². The number of amides is 1. The Morgan fingerprint density at radius 1 is 1.53 bits per heavy atom. The smallest absolute Gasteiger partial charge is 0.220 e. The van der Waals surface area contributed by atoms with E-state index in [1.807, 2.05) is 32.0 Å². The average molecular weight is 252 g/mol. The topological polar surface area (TPSA) is 55.1 Å². The Balaban J connectivity index is 2.41. The van der Waals surface area contributed by atoms with E-state index >= 15 is 0 Å². The molecule has 94 valence electrons. The molecule has 0 aliphatic heterocycles. The molecule has 4 heteroatoms. The summed E-state index contributed by atoms with van der Waals surface area (Å²) in [5, 5.41) is 2.79. The van der Waals surface area contributed by atoms with Gasteiger partial charge in [0.25, 0.3) is 0 Å². The van der Waals surface area contributed by atoms with E-state index in [0.717, 1.165) is 11.3 Å². The van der Waals surface area contributed by atoms with Crippen LogP contribution in [-0.4, -0.2) is 18.2 Å². The quantitative estimate of drug-likeness (QED) is 0.764. The van der Waals surface area contributed by atoms with E-state index in [-0.39, 0.29) is 11.9 Å². The highest BCUT2D eigenvalue weighted by molar-refractivity contribution is 7.99. The lowest BCUT2D eigenvalue weighted by molar-refractivity contribution is -0.120. The highest BCUT2D eigenvalue weighted by atomic mass is 32.2. The van der Waals surface area contributed by atoms with Crippen molar-refractivity contribution in [3.05, 3.63) is 29.8 Å². The first-order valence-corrected chi connectivity index (χ1v) is 6.87. The normalized spacial score (nSPS) is 12.2. The SMILES string of the molecule is CCNC(=O)CCSc1cccc(C(C)N)c1. The fourth-order valence-corrected chi connectivity index (χ4v) is 2.35. The van der Waals surface area contributed by atoms with Crippen molar-refractivity contribution in [2.24, 2.45) is 5.73 Å². The number of rotatable bonds is 6. The number of carbonyl (C=O) groups excluding carboxylic acids is 1. The van der Waals surface area contributed by atoms with Crippen LogP contribution in [0.15, 0.2) is 29.2 Å². The van der Waals surface area contributed by atoms with E-state index in [9.17, 15) is 4.79 Å². The van der Waals surface area contributed by atoms with Crippen LogP contribution in [0.5, 0.6) is 0 Å². The Kier molecular flexibility index (Phi) is 6.08. The second-order valence-electron chi connectivity index (χ2n) is 3.91. The van der Waals surface area contributed by atoms with Gasteiger partial charge < -0.3 is 11.1 Å². The molecule has 0 heterocycles. The maximum Gasteiger partial charge on any atom is 0.220 e.